The van der Waals surface area contributed by atoms with Crippen LogP contribution in [0.15, 0.2) is 9.05 Å². The molecule has 0 aliphatic heterocycles. The van der Waals surface area contributed by atoms with Crippen LogP contribution in [0.4, 0.5) is 0 Å². The molecule has 0 radical (unpaired) electrons. The molecule has 6 nitrogen and oxygen atoms in total. The number of aromatic nitrogens is 4. The van der Waals surface area contributed by atoms with Crippen molar-refractivity contribution >= 4 is 0 Å². The van der Waals surface area contributed by atoms with Crippen molar-refractivity contribution in [2.24, 2.45) is 0 Å². The van der Waals surface area contributed by atoms with Crippen molar-refractivity contribution in [3.8, 4) is 0 Å². The predicted molar refractivity (Wildman–Crippen MR) is 96.7 cm³/mol. The van der Waals surface area contributed by atoms with Gasteiger partial charge in [-0.05, 0) is 12.8 Å². The summed E-state index contributed by atoms with van der Waals surface area (Å²) < 4.78 is 10.9. The molecule has 0 aromatic carbocycles. The Balaban J connectivity index is 2.17. The molecule has 0 saturated carbocycles. The van der Waals surface area contributed by atoms with Crippen molar-refractivity contribution < 1.29 is 9.05 Å². The lowest BCUT2D eigenvalue weighted by molar-refractivity contribution is 0.276. The highest BCUT2D eigenvalue weighted by Crippen LogP contribution is 2.38. The molecule has 6 heteroatoms. The Bertz CT molecular complexity index is 705. The van der Waals surface area contributed by atoms with Gasteiger partial charge in [0.15, 0.2) is 0 Å². The molecule has 2 aromatic rings. The first-order valence-corrected chi connectivity index (χ1v) is 9.02. The number of rotatable bonds is 6. The van der Waals surface area contributed by atoms with Gasteiger partial charge in [0.1, 0.15) is 11.4 Å². The fraction of sp³-hybridized carbons (Fsp3) is 0.789. The summed E-state index contributed by atoms with van der Waals surface area (Å²) in [5.41, 5.74) is 1.41. The van der Waals surface area contributed by atoms with Crippen molar-refractivity contribution in [3.05, 3.63) is 23.2 Å². The zero-order valence-electron chi connectivity index (χ0n) is 17.1. The quantitative estimate of drug-likeness (QED) is 0.738. The van der Waals surface area contributed by atoms with Crippen LogP contribution < -0.4 is 0 Å². The summed E-state index contributed by atoms with van der Waals surface area (Å²) in [5, 5.41) is 16.8. The van der Waals surface area contributed by atoms with Crippen molar-refractivity contribution in [2.45, 2.75) is 97.3 Å². The van der Waals surface area contributed by atoms with Crippen molar-refractivity contribution in [3.63, 3.8) is 0 Å². The number of nitrogens with zero attached hydrogens (tertiary/aromatic N) is 4. The number of hydrogen-bond acceptors (Lipinski definition) is 6. The SMILES string of the molecule is CC(C)c1nnc(C(C)(C)CCC(C)(C)c2nonc2C(C)(C)C)o1. The van der Waals surface area contributed by atoms with Gasteiger partial charge in [-0.3, -0.25) is 0 Å². The molecule has 140 valence electrons. The highest BCUT2D eigenvalue weighted by Gasteiger charge is 2.36. The second-order valence-electron chi connectivity index (χ2n) is 9.58. The third kappa shape index (κ3) is 4.28. The van der Waals surface area contributed by atoms with Gasteiger partial charge in [0, 0.05) is 22.2 Å². The average molecular weight is 348 g/mol. The van der Waals surface area contributed by atoms with E-state index in [9.17, 15) is 0 Å². The minimum atomic E-state index is -0.198. The van der Waals surface area contributed by atoms with Gasteiger partial charge in [-0.2, -0.15) is 0 Å². The smallest absolute Gasteiger partial charge is 0.222 e. The zero-order chi connectivity index (χ0) is 19.0. The van der Waals surface area contributed by atoms with Crippen LogP contribution in [0.25, 0.3) is 0 Å². The lowest BCUT2D eigenvalue weighted by Gasteiger charge is -2.29. The highest BCUT2D eigenvalue weighted by atomic mass is 16.6. The summed E-state index contributed by atoms with van der Waals surface area (Å²) in [4.78, 5) is 0. The Morgan fingerprint density at radius 1 is 0.800 bits per heavy atom. The van der Waals surface area contributed by atoms with E-state index in [0.29, 0.717) is 11.8 Å². The Morgan fingerprint density at radius 2 is 1.36 bits per heavy atom. The fourth-order valence-electron chi connectivity index (χ4n) is 2.72. The van der Waals surface area contributed by atoms with Gasteiger partial charge in [0.05, 0.1) is 0 Å². The van der Waals surface area contributed by atoms with E-state index >= 15 is 0 Å². The van der Waals surface area contributed by atoms with Crippen LogP contribution in [-0.4, -0.2) is 20.5 Å². The molecule has 2 heterocycles. The molecule has 0 aliphatic carbocycles. The first kappa shape index (κ1) is 19.6. The molecule has 2 rings (SSSR count). The van der Waals surface area contributed by atoms with Gasteiger partial charge in [-0.1, -0.05) is 72.6 Å². The molecule has 0 N–H and O–H groups in total. The molecular formula is C19H32N4O2. The van der Waals surface area contributed by atoms with Gasteiger partial charge in [-0.15, -0.1) is 10.2 Å². The van der Waals surface area contributed by atoms with Crippen molar-refractivity contribution in [2.75, 3.05) is 0 Å². The molecule has 0 bridgehead atoms. The highest BCUT2D eigenvalue weighted by molar-refractivity contribution is 5.24. The lowest BCUT2D eigenvalue weighted by atomic mass is 9.74. The Morgan fingerprint density at radius 3 is 1.88 bits per heavy atom. The topological polar surface area (TPSA) is 77.8 Å². The Kier molecular flexibility index (Phi) is 5.13. The maximum Gasteiger partial charge on any atom is 0.222 e. The molecular weight excluding hydrogens is 316 g/mol. The molecule has 0 atom stereocenters. The van der Waals surface area contributed by atoms with Crippen LogP contribution in [-0.2, 0) is 16.2 Å². The summed E-state index contributed by atoms with van der Waals surface area (Å²) in [7, 11) is 0. The minimum absolute atomic E-state index is 0.0965. The van der Waals surface area contributed by atoms with E-state index in [4.69, 9.17) is 9.05 Å². The van der Waals surface area contributed by atoms with Crippen molar-refractivity contribution in [1.29, 1.82) is 0 Å². The van der Waals surface area contributed by atoms with Gasteiger partial charge in [0.25, 0.3) is 0 Å². The summed E-state index contributed by atoms with van der Waals surface area (Å²) in [6.45, 7) is 19.2. The van der Waals surface area contributed by atoms with Gasteiger partial charge in [0.2, 0.25) is 11.8 Å². The van der Waals surface area contributed by atoms with E-state index in [-0.39, 0.29) is 22.2 Å². The zero-order valence-corrected chi connectivity index (χ0v) is 17.1. The van der Waals surface area contributed by atoms with Crippen LogP contribution in [0.2, 0.25) is 0 Å². The first-order valence-electron chi connectivity index (χ1n) is 9.02. The van der Waals surface area contributed by atoms with Crippen molar-refractivity contribution in [1.82, 2.24) is 20.5 Å². The maximum atomic E-state index is 5.88. The molecule has 0 aliphatic rings. The summed E-state index contributed by atoms with van der Waals surface area (Å²) >= 11 is 0. The standard InChI is InChI=1S/C19H32N4O2/c1-12(2)15-20-21-16(24-15)19(8,9)11-10-18(6,7)14-13(17(3,4)5)22-25-23-14/h12H,10-11H2,1-9H3. The van der Waals surface area contributed by atoms with Crippen LogP contribution in [0.5, 0.6) is 0 Å². The lowest BCUT2D eigenvalue weighted by Crippen LogP contribution is -2.28. The largest absolute Gasteiger partial charge is 0.424 e. The van der Waals surface area contributed by atoms with E-state index in [1.165, 1.54) is 0 Å². The molecule has 0 unspecified atom stereocenters. The number of hydrogen-bond donors (Lipinski definition) is 0. The summed E-state index contributed by atoms with van der Waals surface area (Å²) in [6, 6.07) is 0. The fourth-order valence-corrected chi connectivity index (χ4v) is 2.72. The van der Waals surface area contributed by atoms with Crippen LogP contribution >= 0.6 is 0 Å². The van der Waals surface area contributed by atoms with E-state index in [1.54, 1.807) is 0 Å². The third-order valence-electron chi connectivity index (χ3n) is 4.73. The van der Waals surface area contributed by atoms with Gasteiger partial charge in [-0.25, -0.2) is 4.63 Å². The normalized spacial score (nSPS) is 13.7. The second-order valence-corrected chi connectivity index (χ2v) is 9.58. The third-order valence-corrected chi connectivity index (χ3v) is 4.73. The van der Waals surface area contributed by atoms with Crippen LogP contribution in [0.1, 0.15) is 104 Å². The average Bonchev–Trinajstić information content (AvgIpc) is 3.14. The monoisotopic (exact) mass is 348 g/mol. The molecule has 25 heavy (non-hydrogen) atoms. The van der Waals surface area contributed by atoms with E-state index in [2.05, 4.69) is 82.8 Å². The second kappa shape index (κ2) is 6.54. The summed E-state index contributed by atoms with van der Waals surface area (Å²) in [5.74, 6) is 1.63. The molecule has 0 spiro atoms. The minimum Gasteiger partial charge on any atom is -0.424 e. The molecule has 0 fully saturated rings. The van der Waals surface area contributed by atoms with Crippen LogP contribution in [0.3, 0.4) is 0 Å². The predicted octanol–water partition coefficient (Wildman–Crippen LogP) is 4.91. The molecule has 2 aromatic heterocycles. The van der Waals surface area contributed by atoms with Gasteiger partial charge < -0.3 is 4.42 Å². The van der Waals surface area contributed by atoms with Gasteiger partial charge >= 0.3 is 0 Å². The Hall–Kier alpha value is -1.72. The maximum absolute atomic E-state index is 5.88. The first-order chi connectivity index (χ1) is 11.3. The Labute approximate surface area is 150 Å². The van der Waals surface area contributed by atoms with E-state index in [1.807, 2.05) is 0 Å². The van der Waals surface area contributed by atoms with E-state index in [0.717, 1.165) is 24.2 Å². The molecule has 0 amide bonds. The summed E-state index contributed by atoms with van der Waals surface area (Å²) in [6.07, 6.45) is 1.81. The molecule has 0 saturated heterocycles. The van der Waals surface area contributed by atoms with Crippen LogP contribution in [0, 0.1) is 0 Å². The van der Waals surface area contributed by atoms with E-state index < -0.39 is 0 Å².